The van der Waals surface area contributed by atoms with E-state index in [1.54, 1.807) is 6.92 Å². The summed E-state index contributed by atoms with van der Waals surface area (Å²) < 4.78 is 0. The Labute approximate surface area is 82.7 Å². The molecule has 0 heterocycles. The molecule has 0 fully saturated rings. The van der Waals surface area contributed by atoms with Crippen LogP contribution in [0.1, 0.15) is 34.1 Å². The van der Waals surface area contributed by atoms with Crippen molar-refractivity contribution in [2.45, 2.75) is 34.1 Å². The topological polar surface area (TPSA) is 17.1 Å². The van der Waals surface area contributed by atoms with E-state index in [0.29, 0.717) is 11.5 Å². The van der Waals surface area contributed by atoms with Crippen molar-refractivity contribution in [1.82, 2.24) is 0 Å². The van der Waals surface area contributed by atoms with Gasteiger partial charge in [0.25, 0.3) is 0 Å². The number of ketones is 1. The first kappa shape index (κ1) is 14.3. The van der Waals surface area contributed by atoms with Gasteiger partial charge in [-0.05, 0) is 24.8 Å². The summed E-state index contributed by atoms with van der Waals surface area (Å²) >= 11 is 0. The van der Waals surface area contributed by atoms with E-state index in [1.807, 2.05) is 6.92 Å². The van der Waals surface area contributed by atoms with Gasteiger partial charge in [-0.15, -0.1) is 0 Å². The van der Waals surface area contributed by atoms with Crippen molar-refractivity contribution in [1.29, 1.82) is 0 Å². The Morgan fingerprint density at radius 2 is 1.75 bits per heavy atom. The van der Waals surface area contributed by atoms with Crippen molar-refractivity contribution in [3.63, 3.8) is 0 Å². The summed E-state index contributed by atoms with van der Waals surface area (Å²) in [7, 11) is 0. The van der Waals surface area contributed by atoms with Gasteiger partial charge in [-0.1, -0.05) is 27.4 Å². The predicted molar refractivity (Wildman–Crippen MR) is 58.8 cm³/mol. The van der Waals surface area contributed by atoms with Gasteiger partial charge in [0.15, 0.2) is 5.78 Å². The van der Waals surface area contributed by atoms with Crippen LogP contribution in [-0.2, 0) is 4.79 Å². The molecule has 0 aromatic heterocycles. The number of Topliss-reactive ketones (excluding diaryl/α,β-unsaturated/α-hetero) is 1. The van der Waals surface area contributed by atoms with Gasteiger partial charge >= 0.3 is 0 Å². The summed E-state index contributed by atoms with van der Waals surface area (Å²) in [6.07, 6.45) is 0.964. The van der Waals surface area contributed by atoms with E-state index in [4.69, 9.17) is 0 Å². The van der Waals surface area contributed by atoms with E-state index < -0.39 is 0 Å². The minimum Gasteiger partial charge on any atom is -0.294 e. The Morgan fingerprint density at radius 3 is 2.00 bits per heavy atom. The molecule has 1 nitrogen and oxygen atoms in total. The van der Waals surface area contributed by atoms with Crippen molar-refractivity contribution < 1.29 is 4.79 Å². The SMILES string of the molecule is C=C(C)C(=O)[C@@H](C)CC(C)C.S. The van der Waals surface area contributed by atoms with Crippen LogP contribution in [0.4, 0.5) is 0 Å². The Bertz CT molecular complexity index is 161. The first-order valence-electron chi connectivity index (χ1n) is 4.14. The highest BCUT2D eigenvalue weighted by atomic mass is 32.1. The van der Waals surface area contributed by atoms with Crippen molar-refractivity contribution in [3.8, 4) is 0 Å². The fourth-order valence-electron chi connectivity index (χ4n) is 1.23. The van der Waals surface area contributed by atoms with Gasteiger partial charge in [0.1, 0.15) is 0 Å². The Hall–Kier alpha value is -0.240. The molecular weight excluding hydrogens is 168 g/mol. The molecule has 0 aliphatic carbocycles. The quantitative estimate of drug-likeness (QED) is 0.620. The summed E-state index contributed by atoms with van der Waals surface area (Å²) in [5, 5.41) is 0. The number of hydrogen-bond acceptors (Lipinski definition) is 1. The average Bonchev–Trinajstić information content (AvgIpc) is 1.84. The fourth-order valence-corrected chi connectivity index (χ4v) is 1.23. The largest absolute Gasteiger partial charge is 0.294 e. The summed E-state index contributed by atoms with van der Waals surface area (Å²) in [6.45, 7) is 11.6. The van der Waals surface area contributed by atoms with E-state index in [0.717, 1.165) is 6.42 Å². The molecular formula is C10H20OS. The van der Waals surface area contributed by atoms with Crippen LogP contribution in [0.3, 0.4) is 0 Å². The van der Waals surface area contributed by atoms with Crippen LogP contribution in [0.15, 0.2) is 12.2 Å². The van der Waals surface area contributed by atoms with Gasteiger partial charge in [-0.25, -0.2) is 0 Å². The second kappa shape index (κ2) is 6.30. The number of carbonyl (C=O) groups excluding carboxylic acids is 1. The van der Waals surface area contributed by atoms with Crippen LogP contribution in [0.2, 0.25) is 0 Å². The lowest BCUT2D eigenvalue weighted by Crippen LogP contribution is -2.13. The van der Waals surface area contributed by atoms with Gasteiger partial charge in [-0.2, -0.15) is 13.5 Å². The minimum absolute atomic E-state index is 0. The van der Waals surface area contributed by atoms with Gasteiger partial charge in [0.05, 0.1) is 0 Å². The third-order valence-electron chi connectivity index (χ3n) is 1.69. The maximum absolute atomic E-state index is 11.3. The monoisotopic (exact) mass is 188 g/mol. The Balaban J connectivity index is 0. The summed E-state index contributed by atoms with van der Waals surface area (Å²) in [5.74, 6) is 0.944. The molecule has 0 rings (SSSR count). The Morgan fingerprint density at radius 1 is 1.33 bits per heavy atom. The maximum Gasteiger partial charge on any atom is 0.160 e. The van der Waals surface area contributed by atoms with Gasteiger partial charge in [0, 0.05) is 5.92 Å². The molecule has 0 spiro atoms. The second-order valence-corrected chi connectivity index (χ2v) is 3.68. The van der Waals surface area contributed by atoms with E-state index in [9.17, 15) is 4.79 Å². The van der Waals surface area contributed by atoms with Crippen LogP contribution in [-0.4, -0.2) is 5.78 Å². The second-order valence-electron chi connectivity index (χ2n) is 3.68. The molecule has 0 aromatic rings. The third kappa shape index (κ3) is 5.42. The Kier molecular flexibility index (Phi) is 7.50. The molecule has 0 amide bonds. The van der Waals surface area contributed by atoms with Crippen LogP contribution in [0, 0.1) is 11.8 Å². The van der Waals surface area contributed by atoms with Gasteiger partial charge in [-0.3, -0.25) is 4.79 Å². The molecule has 2 heteroatoms. The number of allylic oxidation sites excluding steroid dienone is 1. The highest BCUT2D eigenvalue weighted by molar-refractivity contribution is 7.59. The molecule has 0 saturated heterocycles. The lowest BCUT2D eigenvalue weighted by molar-refractivity contribution is -0.119. The standard InChI is InChI=1S/C10H18O.H2S/c1-7(2)6-9(5)10(11)8(3)4;/h7,9H,3,6H2,1-2,4-5H3;1H2/t9-;/m0./s1. The molecule has 0 aliphatic rings. The molecule has 0 aromatic carbocycles. The molecule has 0 aliphatic heterocycles. The summed E-state index contributed by atoms with van der Waals surface area (Å²) in [5.41, 5.74) is 0.679. The molecule has 0 unspecified atom stereocenters. The maximum atomic E-state index is 11.3. The van der Waals surface area contributed by atoms with E-state index in [-0.39, 0.29) is 25.2 Å². The highest BCUT2D eigenvalue weighted by Gasteiger charge is 2.14. The number of rotatable bonds is 4. The zero-order chi connectivity index (χ0) is 9.02. The van der Waals surface area contributed by atoms with E-state index in [1.165, 1.54) is 0 Å². The van der Waals surface area contributed by atoms with Crippen LogP contribution >= 0.6 is 13.5 Å². The van der Waals surface area contributed by atoms with Crippen LogP contribution in [0.5, 0.6) is 0 Å². The molecule has 0 N–H and O–H groups in total. The molecule has 0 radical (unpaired) electrons. The van der Waals surface area contributed by atoms with Crippen molar-refractivity contribution in [2.75, 3.05) is 0 Å². The van der Waals surface area contributed by atoms with E-state index in [2.05, 4.69) is 20.4 Å². The number of hydrogen-bond donors (Lipinski definition) is 0. The van der Waals surface area contributed by atoms with Crippen LogP contribution < -0.4 is 0 Å². The molecule has 72 valence electrons. The minimum atomic E-state index is 0. The lowest BCUT2D eigenvalue weighted by Gasteiger charge is -2.11. The zero-order valence-corrected chi connectivity index (χ0v) is 9.48. The highest BCUT2D eigenvalue weighted by Crippen LogP contribution is 2.14. The molecule has 12 heavy (non-hydrogen) atoms. The average molecular weight is 188 g/mol. The van der Waals surface area contributed by atoms with Crippen molar-refractivity contribution in [3.05, 3.63) is 12.2 Å². The predicted octanol–water partition coefficient (Wildman–Crippen LogP) is 2.93. The van der Waals surface area contributed by atoms with Crippen LogP contribution in [0.25, 0.3) is 0 Å². The summed E-state index contributed by atoms with van der Waals surface area (Å²) in [6, 6.07) is 0. The third-order valence-corrected chi connectivity index (χ3v) is 1.69. The van der Waals surface area contributed by atoms with E-state index >= 15 is 0 Å². The zero-order valence-electron chi connectivity index (χ0n) is 8.48. The molecule has 1 atom stereocenters. The first-order chi connectivity index (χ1) is 4.95. The molecule has 0 saturated carbocycles. The normalized spacial score (nSPS) is 12.1. The van der Waals surface area contributed by atoms with Crippen molar-refractivity contribution in [2.24, 2.45) is 11.8 Å². The molecule has 0 bridgehead atoms. The van der Waals surface area contributed by atoms with Crippen molar-refractivity contribution >= 4 is 19.3 Å². The first-order valence-corrected chi connectivity index (χ1v) is 4.14. The lowest BCUT2D eigenvalue weighted by atomic mass is 9.92. The fraction of sp³-hybridized carbons (Fsp3) is 0.700. The smallest absolute Gasteiger partial charge is 0.160 e. The van der Waals surface area contributed by atoms with Gasteiger partial charge < -0.3 is 0 Å². The van der Waals surface area contributed by atoms with Gasteiger partial charge in [0.2, 0.25) is 0 Å². The number of carbonyl (C=O) groups is 1. The summed E-state index contributed by atoms with van der Waals surface area (Å²) in [4.78, 5) is 11.3.